The van der Waals surface area contributed by atoms with E-state index >= 15 is 0 Å². The summed E-state index contributed by atoms with van der Waals surface area (Å²) in [6, 6.07) is 0. The summed E-state index contributed by atoms with van der Waals surface area (Å²) in [5, 5.41) is 0. The number of allylic oxidation sites excluding steroid dienone is 1. The van der Waals surface area contributed by atoms with Crippen LogP contribution in [0.25, 0.3) is 0 Å². The fourth-order valence-electron chi connectivity index (χ4n) is 5.82. The van der Waals surface area contributed by atoms with Crippen molar-refractivity contribution >= 4 is 0 Å². The molecule has 0 amide bonds. The number of hydrogen-bond donors (Lipinski definition) is 0. The Morgan fingerprint density at radius 1 is 1.23 bits per heavy atom. The normalized spacial score (nSPS) is 65.5. The van der Waals surface area contributed by atoms with Crippen LogP contribution in [0.3, 0.4) is 0 Å². The van der Waals surface area contributed by atoms with E-state index in [2.05, 4.69) is 13.5 Å². The molecule has 2 unspecified atom stereocenters. The Kier molecular flexibility index (Phi) is 0.959. The summed E-state index contributed by atoms with van der Waals surface area (Å²) in [6.45, 7) is 6.59. The topological polar surface area (TPSA) is 0 Å². The van der Waals surface area contributed by atoms with Crippen LogP contribution in [0.4, 0.5) is 0 Å². The van der Waals surface area contributed by atoms with Gasteiger partial charge in [-0.3, -0.25) is 0 Å². The minimum atomic E-state index is 0.692. The smallest absolute Gasteiger partial charge is 0.00000959 e. The molecule has 13 heavy (non-hydrogen) atoms. The van der Waals surface area contributed by atoms with Crippen LogP contribution in [0.5, 0.6) is 0 Å². The maximum absolute atomic E-state index is 4.29. The van der Waals surface area contributed by atoms with Crippen molar-refractivity contribution in [3.63, 3.8) is 0 Å². The Bertz CT molecular complexity index is 299. The van der Waals surface area contributed by atoms with Crippen molar-refractivity contribution in [2.75, 3.05) is 0 Å². The Morgan fingerprint density at radius 2 is 2.08 bits per heavy atom. The molecule has 0 radical (unpaired) electrons. The molecule has 0 N–H and O–H groups in total. The first-order chi connectivity index (χ1) is 6.24. The minimum Gasteiger partial charge on any atom is -0.0995 e. The van der Waals surface area contributed by atoms with Crippen molar-refractivity contribution in [2.24, 2.45) is 35.0 Å². The van der Waals surface area contributed by atoms with Gasteiger partial charge in [-0.15, -0.1) is 0 Å². The van der Waals surface area contributed by atoms with E-state index in [-0.39, 0.29) is 0 Å². The van der Waals surface area contributed by atoms with Crippen LogP contribution in [0.2, 0.25) is 0 Å². The lowest BCUT2D eigenvalue weighted by molar-refractivity contribution is 0.108. The van der Waals surface area contributed by atoms with E-state index in [4.69, 9.17) is 0 Å². The second-order valence-corrected chi connectivity index (χ2v) is 6.11. The van der Waals surface area contributed by atoms with Crippen LogP contribution in [-0.4, -0.2) is 0 Å². The zero-order chi connectivity index (χ0) is 8.79. The van der Waals surface area contributed by atoms with E-state index in [1.165, 1.54) is 5.57 Å². The Hall–Kier alpha value is -0.260. The second-order valence-electron chi connectivity index (χ2n) is 6.11. The largest absolute Gasteiger partial charge is 0.0995 e. The van der Waals surface area contributed by atoms with Gasteiger partial charge in [-0.05, 0) is 62.2 Å². The molecule has 0 aliphatic heterocycles. The highest BCUT2D eigenvalue weighted by molar-refractivity contribution is 5.35. The summed E-state index contributed by atoms with van der Waals surface area (Å²) in [4.78, 5) is 0. The highest BCUT2D eigenvalue weighted by atomic mass is 14.8. The fourth-order valence-corrected chi connectivity index (χ4v) is 5.82. The molecule has 5 aliphatic carbocycles. The maximum atomic E-state index is 4.29. The first-order valence-corrected chi connectivity index (χ1v) is 5.90. The van der Waals surface area contributed by atoms with Crippen LogP contribution in [0.15, 0.2) is 12.2 Å². The molecule has 0 heteroatoms. The van der Waals surface area contributed by atoms with Crippen molar-refractivity contribution < 1.29 is 0 Å². The molecule has 70 valence electrons. The summed E-state index contributed by atoms with van der Waals surface area (Å²) < 4.78 is 0. The van der Waals surface area contributed by atoms with E-state index < -0.39 is 0 Å². The highest BCUT2D eigenvalue weighted by Crippen LogP contribution is 2.84. The van der Waals surface area contributed by atoms with E-state index in [9.17, 15) is 0 Å². The molecule has 0 aromatic carbocycles. The van der Waals surface area contributed by atoms with Crippen LogP contribution in [0, 0.1) is 35.0 Å². The Balaban J connectivity index is 1.87. The second kappa shape index (κ2) is 1.76. The zero-order valence-corrected chi connectivity index (χ0v) is 8.42. The summed E-state index contributed by atoms with van der Waals surface area (Å²) in [5.74, 6) is 5.52. The Labute approximate surface area is 80.4 Å². The van der Waals surface area contributed by atoms with E-state index in [1.807, 2.05) is 0 Å². The maximum Gasteiger partial charge on any atom is 0.00000959 e. The third kappa shape index (κ3) is 0.532. The quantitative estimate of drug-likeness (QED) is 0.535. The molecule has 5 saturated carbocycles. The van der Waals surface area contributed by atoms with Gasteiger partial charge in [0.1, 0.15) is 0 Å². The molecule has 5 rings (SSSR count). The molecule has 0 nitrogen and oxygen atoms in total. The zero-order valence-electron chi connectivity index (χ0n) is 8.42. The third-order valence-corrected chi connectivity index (χ3v) is 5.84. The molecule has 6 atom stereocenters. The van der Waals surface area contributed by atoms with Crippen molar-refractivity contribution in [1.82, 2.24) is 0 Å². The van der Waals surface area contributed by atoms with Gasteiger partial charge in [0.2, 0.25) is 0 Å². The van der Waals surface area contributed by atoms with Gasteiger partial charge < -0.3 is 0 Å². The van der Waals surface area contributed by atoms with Gasteiger partial charge in [-0.1, -0.05) is 12.2 Å². The lowest BCUT2D eigenvalue weighted by Crippen LogP contribution is -2.32. The van der Waals surface area contributed by atoms with Crippen LogP contribution in [0.1, 0.15) is 32.6 Å². The predicted octanol–water partition coefficient (Wildman–Crippen LogP) is 3.24. The third-order valence-electron chi connectivity index (χ3n) is 5.84. The number of rotatable bonds is 1. The predicted molar refractivity (Wildman–Crippen MR) is 53.2 cm³/mol. The molecule has 5 aliphatic rings. The van der Waals surface area contributed by atoms with Gasteiger partial charge in [0, 0.05) is 5.41 Å². The summed E-state index contributed by atoms with van der Waals surface area (Å²) in [6.07, 6.45) is 6.25. The lowest BCUT2D eigenvalue weighted by atomic mass is 9.64. The highest BCUT2D eigenvalue weighted by Gasteiger charge is 2.78. The Morgan fingerprint density at radius 3 is 2.77 bits per heavy atom. The molecule has 0 heterocycles. The van der Waals surface area contributed by atoms with Crippen molar-refractivity contribution in [2.45, 2.75) is 32.6 Å². The van der Waals surface area contributed by atoms with Crippen molar-refractivity contribution in [3.8, 4) is 0 Å². The van der Waals surface area contributed by atoms with Gasteiger partial charge >= 0.3 is 0 Å². The molecular weight excluding hydrogens is 156 g/mol. The van der Waals surface area contributed by atoms with Gasteiger partial charge in [-0.25, -0.2) is 0 Å². The molecule has 0 aromatic heterocycles. The van der Waals surface area contributed by atoms with Gasteiger partial charge in [0.05, 0.1) is 0 Å². The molecule has 0 saturated heterocycles. The van der Waals surface area contributed by atoms with Crippen LogP contribution < -0.4 is 0 Å². The van der Waals surface area contributed by atoms with Gasteiger partial charge in [-0.2, -0.15) is 0 Å². The van der Waals surface area contributed by atoms with Crippen LogP contribution >= 0.6 is 0 Å². The van der Waals surface area contributed by atoms with E-state index in [1.54, 1.807) is 25.7 Å². The average Bonchev–Trinajstić information content (AvgIpc) is 2.67. The minimum absolute atomic E-state index is 0.692. The van der Waals surface area contributed by atoms with Crippen molar-refractivity contribution in [3.05, 3.63) is 12.2 Å². The first kappa shape index (κ1) is 7.09. The summed E-state index contributed by atoms with van der Waals surface area (Å²) >= 11 is 0. The van der Waals surface area contributed by atoms with Gasteiger partial charge in [0.15, 0.2) is 0 Å². The average molecular weight is 174 g/mol. The number of hydrogen-bond acceptors (Lipinski definition) is 0. The fraction of sp³-hybridized carbons (Fsp3) is 0.846. The summed E-state index contributed by atoms with van der Waals surface area (Å²) in [5.41, 5.74) is 2.23. The molecule has 5 fully saturated rings. The van der Waals surface area contributed by atoms with E-state index in [0.29, 0.717) is 5.41 Å². The van der Waals surface area contributed by atoms with Gasteiger partial charge in [0.25, 0.3) is 0 Å². The summed E-state index contributed by atoms with van der Waals surface area (Å²) in [7, 11) is 0. The molecular formula is C13H18. The van der Waals surface area contributed by atoms with E-state index in [0.717, 1.165) is 29.6 Å². The molecule has 0 spiro atoms. The monoisotopic (exact) mass is 174 g/mol. The SMILES string of the molecule is C=C(C)C12C3[C@@H]4C[C@@H](C[C@H]1C4)C[C@H]32. The standard InChI is InChI=1S/C13H18/c1-7(2)13-10-4-8-3-9(6-10)12(13)11(13)5-8/h8-12H,1,3-6H2,2H3/t8-,9+,10-,11+,12?,13?/m0/s1. The lowest BCUT2D eigenvalue weighted by Gasteiger charge is -2.41. The first-order valence-electron chi connectivity index (χ1n) is 5.90. The van der Waals surface area contributed by atoms with Crippen molar-refractivity contribution in [1.29, 1.82) is 0 Å². The van der Waals surface area contributed by atoms with Crippen LogP contribution in [-0.2, 0) is 0 Å². The molecule has 4 bridgehead atoms. The molecule has 0 aromatic rings.